The van der Waals surface area contributed by atoms with Gasteiger partial charge in [-0.05, 0) is 23.8 Å². The number of halogens is 1. The summed E-state index contributed by atoms with van der Waals surface area (Å²) in [4.78, 5) is 15.0. The van der Waals surface area contributed by atoms with Crippen molar-refractivity contribution in [2.24, 2.45) is 0 Å². The molecule has 0 unspecified atom stereocenters. The lowest BCUT2D eigenvalue weighted by Crippen LogP contribution is -2.02. The van der Waals surface area contributed by atoms with Crippen LogP contribution in [-0.4, -0.2) is 21.1 Å². The lowest BCUT2D eigenvalue weighted by Gasteiger charge is -2.03. The lowest BCUT2D eigenvalue weighted by atomic mass is 10.2. The number of fused-ring (bicyclic) bond motifs is 1. The number of carbonyl (C=O) groups excluding carboxylic acids is 1. The summed E-state index contributed by atoms with van der Waals surface area (Å²) in [6, 6.07) is 9.38. The van der Waals surface area contributed by atoms with Gasteiger partial charge in [-0.3, -0.25) is 4.79 Å². The summed E-state index contributed by atoms with van der Waals surface area (Å²) in [5.74, 6) is 0. The van der Waals surface area contributed by atoms with E-state index >= 15 is 0 Å². The third-order valence-corrected chi connectivity index (χ3v) is 3.13. The van der Waals surface area contributed by atoms with Crippen LogP contribution < -0.4 is 0 Å². The van der Waals surface area contributed by atoms with Gasteiger partial charge in [0.25, 0.3) is 0 Å². The molecule has 0 aliphatic heterocycles. The SMILES string of the molecule is O=Cc1cnc2c(cnn2Cc2ccc(Cl)cc2)c1. The van der Waals surface area contributed by atoms with Crippen LogP contribution in [0.2, 0.25) is 5.02 Å². The van der Waals surface area contributed by atoms with Crippen LogP contribution in [0.4, 0.5) is 0 Å². The largest absolute Gasteiger partial charge is 0.298 e. The molecule has 0 amide bonds. The molecule has 0 N–H and O–H groups in total. The Labute approximate surface area is 114 Å². The molecule has 0 bridgehead atoms. The van der Waals surface area contributed by atoms with E-state index in [0.29, 0.717) is 17.1 Å². The standard InChI is InChI=1S/C14H10ClN3O/c15-13-3-1-10(2-4-13)8-18-14-12(7-17-18)5-11(9-19)6-16-14/h1-7,9H,8H2. The fraction of sp³-hybridized carbons (Fsp3) is 0.0714. The molecular formula is C14H10ClN3O. The van der Waals surface area contributed by atoms with Gasteiger partial charge in [-0.25, -0.2) is 9.67 Å². The number of hydrogen-bond acceptors (Lipinski definition) is 3. The maximum absolute atomic E-state index is 10.7. The zero-order chi connectivity index (χ0) is 13.2. The number of pyridine rings is 1. The zero-order valence-electron chi connectivity index (χ0n) is 9.95. The first-order valence-corrected chi connectivity index (χ1v) is 6.15. The molecule has 0 saturated heterocycles. The number of hydrogen-bond donors (Lipinski definition) is 0. The van der Waals surface area contributed by atoms with Crippen LogP contribution in [0.1, 0.15) is 15.9 Å². The van der Waals surface area contributed by atoms with Gasteiger partial charge in [-0.2, -0.15) is 5.10 Å². The fourth-order valence-electron chi connectivity index (χ4n) is 1.93. The number of benzene rings is 1. The molecule has 3 aromatic rings. The van der Waals surface area contributed by atoms with Crippen molar-refractivity contribution in [2.45, 2.75) is 6.54 Å². The van der Waals surface area contributed by atoms with E-state index in [1.54, 1.807) is 23.1 Å². The van der Waals surface area contributed by atoms with Crippen LogP contribution in [0.5, 0.6) is 0 Å². The summed E-state index contributed by atoms with van der Waals surface area (Å²) in [6.45, 7) is 0.619. The summed E-state index contributed by atoms with van der Waals surface area (Å²) >= 11 is 5.85. The van der Waals surface area contributed by atoms with Crippen LogP contribution in [-0.2, 0) is 6.54 Å². The highest BCUT2D eigenvalue weighted by Crippen LogP contribution is 2.15. The van der Waals surface area contributed by atoms with Crippen LogP contribution in [0.25, 0.3) is 11.0 Å². The molecule has 2 aromatic heterocycles. The molecule has 1 aromatic carbocycles. The van der Waals surface area contributed by atoms with Gasteiger partial charge in [-0.15, -0.1) is 0 Å². The molecule has 0 spiro atoms. The highest BCUT2D eigenvalue weighted by atomic mass is 35.5. The molecule has 2 heterocycles. The van der Waals surface area contributed by atoms with Crippen molar-refractivity contribution in [3.05, 3.63) is 58.9 Å². The fourth-order valence-corrected chi connectivity index (χ4v) is 2.06. The lowest BCUT2D eigenvalue weighted by molar-refractivity contribution is 0.112. The highest BCUT2D eigenvalue weighted by Gasteiger charge is 2.05. The molecule has 19 heavy (non-hydrogen) atoms. The number of nitrogens with zero attached hydrogens (tertiary/aromatic N) is 3. The van der Waals surface area contributed by atoms with E-state index in [0.717, 1.165) is 22.9 Å². The first-order valence-electron chi connectivity index (χ1n) is 5.77. The third-order valence-electron chi connectivity index (χ3n) is 2.88. The minimum Gasteiger partial charge on any atom is -0.298 e. The predicted molar refractivity (Wildman–Crippen MR) is 73.5 cm³/mol. The molecule has 0 aliphatic carbocycles. The highest BCUT2D eigenvalue weighted by molar-refractivity contribution is 6.30. The number of rotatable bonds is 3. The quantitative estimate of drug-likeness (QED) is 0.688. The van der Waals surface area contributed by atoms with Gasteiger partial charge in [0.15, 0.2) is 11.9 Å². The number of aromatic nitrogens is 3. The molecule has 94 valence electrons. The van der Waals surface area contributed by atoms with Gasteiger partial charge in [0.2, 0.25) is 0 Å². The molecule has 0 atom stereocenters. The Balaban J connectivity index is 1.97. The van der Waals surface area contributed by atoms with Gasteiger partial charge in [0.1, 0.15) is 0 Å². The summed E-state index contributed by atoms with van der Waals surface area (Å²) in [6.07, 6.45) is 4.05. The van der Waals surface area contributed by atoms with Crippen molar-refractivity contribution in [2.75, 3.05) is 0 Å². The Kier molecular flexibility index (Phi) is 3.01. The summed E-state index contributed by atoms with van der Waals surface area (Å²) < 4.78 is 1.80. The molecule has 0 radical (unpaired) electrons. The maximum atomic E-state index is 10.7. The Morgan fingerprint density at radius 1 is 1.21 bits per heavy atom. The van der Waals surface area contributed by atoms with E-state index in [1.807, 2.05) is 24.3 Å². The van der Waals surface area contributed by atoms with Gasteiger partial charge in [-0.1, -0.05) is 23.7 Å². The number of aldehydes is 1. The van der Waals surface area contributed by atoms with E-state index in [1.165, 1.54) is 0 Å². The van der Waals surface area contributed by atoms with Crippen LogP contribution in [0.15, 0.2) is 42.7 Å². The summed E-state index contributed by atoms with van der Waals surface area (Å²) in [5, 5.41) is 5.86. The number of carbonyl (C=O) groups is 1. The average Bonchev–Trinajstić information content (AvgIpc) is 2.83. The van der Waals surface area contributed by atoms with Crippen molar-refractivity contribution in [3.63, 3.8) is 0 Å². The average molecular weight is 272 g/mol. The second-order valence-electron chi connectivity index (χ2n) is 4.23. The Bertz CT molecular complexity index is 734. The molecule has 3 rings (SSSR count). The molecule has 0 saturated carbocycles. The van der Waals surface area contributed by atoms with E-state index < -0.39 is 0 Å². The molecule has 4 nitrogen and oxygen atoms in total. The minimum absolute atomic E-state index is 0.554. The normalized spacial score (nSPS) is 10.8. The Morgan fingerprint density at radius 2 is 2.00 bits per heavy atom. The van der Waals surface area contributed by atoms with Crippen LogP contribution in [0, 0.1) is 0 Å². The minimum atomic E-state index is 0.554. The molecule has 0 aliphatic rings. The Hall–Kier alpha value is -2.20. The van der Waals surface area contributed by atoms with Gasteiger partial charge in [0.05, 0.1) is 12.7 Å². The predicted octanol–water partition coefficient (Wildman–Crippen LogP) is 2.95. The maximum Gasteiger partial charge on any atom is 0.158 e. The zero-order valence-corrected chi connectivity index (χ0v) is 10.7. The van der Waals surface area contributed by atoms with E-state index in [4.69, 9.17) is 11.6 Å². The van der Waals surface area contributed by atoms with Crippen LogP contribution in [0.3, 0.4) is 0 Å². The van der Waals surface area contributed by atoms with Crippen molar-refractivity contribution < 1.29 is 4.79 Å². The van der Waals surface area contributed by atoms with Crippen molar-refractivity contribution in [3.8, 4) is 0 Å². The third kappa shape index (κ3) is 2.35. The summed E-state index contributed by atoms with van der Waals surface area (Å²) in [5.41, 5.74) is 2.41. The van der Waals surface area contributed by atoms with Crippen molar-refractivity contribution >= 4 is 28.9 Å². The molecule has 0 fully saturated rings. The van der Waals surface area contributed by atoms with Gasteiger partial charge < -0.3 is 0 Å². The first kappa shape index (κ1) is 11.9. The van der Waals surface area contributed by atoms with E-state index in [9.17, 15) is 4.79 Å². The Morgan fingerprint density at radius 3 is 2.74 bits per heavy atom. The summed E-state index contributed by atoms with van der Waals surface area (Å²) in [7, 11) is 0. The van der Waals surface area contributed by atoms with Crippen molar-refractivity contribution in [1.29, 1.82) is 0 Å². The van der Waals surface area contributed by atoms with E-state index in [-0.39, 0.29) is 0 Å². The smallest absolute Gasteiger partial charge is 0.158 e. The molecule has 5 heteroatoms. The van der Waals surface area contributed by atoms with Crippen LogP contribution >= 0.6 is 11.6 Å². The molecular weight excluding hydrogens is 262 g/mol. The topological polar surface area (TPSA) is 47.8 Å². The first-order chi connectivity index (χ1) is 9.26. The monoisotopic (exact) mass is 271 g/mol. The van der Waals surface area contributed by atoms with Crippen molar-refractivity contribution in [1.82, 2.24) is 14.8 Å². The van der Waals surface area contributed by atoms with E-state index in [2.05, 4.69) is 10.1 Å². The second kappa shape index (κ2) is 4.82. The van der Waals surface area contributed by atoms with Gasteiger partial charge >= 0.3 is 0 Å². The van der Waals surface area contributed by atoms with Gasteiger partial charge in [0, 0.05) is 22.2 Å². The second-order valence-corrected chi connectivity index (χ2v) is 4.66.